The summed E-state index contributed by atoms with van der Waals surface area (Å²) in [4.78, 5) is 15.1. The lowest BCUT2D eigenvalue weighted by atomic mass is 10.1. The Kier molecular flexibility index (Phi) is 5.34. The van der Waals surface area contributed by atoms with Gasteiger partial charge in [-0.25, -0.2) is 0 Å². The highest BCUT2D eigenvalue weighted by Crippen LogP contribution is 2.38. The first-order valence-electron chi connectivity index (χ1n) is 8.02. The summed E-state index contributed by atoms with van der Waals surface area (Å²) in [6.45, 7) is 4.01. The van der Waals surface area contributed by atoms with Crippen LogP contribution in [-0.2, 0) is 4.79 Å². The Labute approximate surface area is 162 Å². The van der Waals surface area contributed by atoms with E-state index in [1.807, 2.05) is 50.2 Å². The zero-order chi connectivity index (χ0) is 18.8. The number of nitrogens with zero attached hydrogens (tertiary/aromatic N) is 1. The van der Waals surface area contributed by atoms with Crippen molar-refractivity contribution in [3.05, 3.63) is 58.0 Å². The molecule has 1 saturated heterocycles. The number of thioether (sulfide) groups is 1. The van der Waals surface area contributed by atoms with E-state index in [1.165, 1.54) is 11.8 Å². The molecule has 6 heteroatoms. The standard InChI is InChI=1S/C20H19NO3S2/c1-12-5-7-16(13(2)9-12)21-19(22)18(26-20(21)25)11-14-10-15(23-3)6-8-17(14)24-4/h5-11H,1-4H3/b18-11+. The largest absolute Gasteiger partial charge is 0.497 e. The maximum atomic E-state index is 13.0. The summed E-state index contributed by atoms with van der Waals surface area (Å²) in [5.74, 6) is 1.24. The number of carbonyl (C=O) groups is 1. The van der Waals surface area contributed by atoms with Gasteiger partial charge in [0.05, 0.1) is 24.8 Å². The van der Waals surface area contributed by atoms with E-state index in [4.69, 9.17) is 21.7 Å². The third-order valence-electron chi connectivity index (χ3n) is 4.11. The van der Waals surface area contributed by atoms with Crippen LogP contribution < -0.4 is 14.4 Å². The molecule has 134 valence electrons. The molecule has 0 aromatic heterocycles. The Morgan fingerprint density at radius 1 is 1.08 bits per heavy atom. The van der Waals surface area contributed by atoms with Crippen LogP contribution in [0.4, 0.5) is 5.69 Å². The number of amides is 1. The number of hydrogen-bond donors (Lipinski definition) is 0. The Hall–Kier alpha value is -2.31. The van der Waals surface area contributed by atoms with Gasteiger partial charge >= 0.3 is 0 Å². The fraction of sp³-hybridized carbons (Fsp3) is 0.200. The molecule has 0 radical (unpaired) electrons. The average Bonchev–Trinajstić information content (AvgIpc) is 2.89. The van der Waals surface area contributed by atoms with Gasteiger partial charge in [0, 0.05) is 5.56 Å². The predicted molar refractivity (Wildman–Crippen MR) is 111 cm³/mol. The van der Waals surface area contributed by atoms with Crippen molar-refractivity contribution in [2.24, 2.45) is 0 Å². The van der Waals surface area contributed by atoms with Gasteiger partial charge in [-0.05, 0) is 49.8 Å². The van der Waals surface area contributed by atoms with Crippen LogP contribution in [0.2, 0.25) is 0 Å². The van der Waals surface area contributed by atoms with Gasteiger partial charge in [-0.3, -0.25) is 9.69 Å². The first-order chi connectivity index (χ1) is 12.4. The summed E-state index contributed by atoms with van der Waals surface area (Å²) in [7, 11) is 3.20. The van der Waals surface area contributed by atoms with Crippen LogP contribution in [0.1, 0.15) is 16.7 Å². The summed E-state index contributed by atoms with van der Waals surface area (Å²) in [6.07, 6.45) is 1.80. The van der Waals surface area contributed by atoms with Crippen molar-refractivity contribution < 1.29 is 14.3 Å². The first-order valence-corrected chi connectivity index (χ1v) is 9.24. The smallest absolute Gasteiger partial charge is 0.270 e. The first kappa shape index (κ1) is 18.5. The van der Waals surface area contributed by atoms with E-state index in [-0.39, 0.29) is 5.91 Å². The summed E-state index contributed by atoms with van der Waals surface area (Å²) in [6, 6.07) is 11.4. The highest BCUT2D eigenvalue weighted by atomic mass is 32.2. The molecule has 2 aromatic carbocycles. The lowest BCUT2D eigenvalue weighted by molar-refractivity contribution is -0.113. The van der Waals surface area contributed by atoms with E-state index in [0.29, 0.717) is 20.7 Å². The van der Waals surface area contributed by atoms with Crippen molar-refractivity contribution >= 4 is 46.0 Å². The van der Waals surface area contributed by atoms with E-state index >= 15 is 0 Å². The molecule has 1 heterocycles. The third-order valence-corrected chi connectivity index (χ3v) is 5.41. The molecule has 0 atom stereocenters. The molecule has 2 aromatic rings. The van der Waals surface area contributed by atoms with Crippen molar-refractivity contribution in [3.8, 4) is 11.5 Å². The monoisotopic (exact) mass is 385 g/mol. The number of aryl methyl sites for hydroxylation is 2. The second-order valence-corrected chi connectivity index (χ2v) is 7.59. The minimum Gasteiger partial charge on any atom is -0.497 e. The molecular formula is C20H19NO3S2. The van der Waals surface area contributed by atoms with E-state index in [9.17, 15) is 4.79 Å². The lowest BCUT2D eigenvalue weighted by Crippen LogP contribution is -2.28. The molecule has 1 fully saturated rings. The molecule has 0 bridgehead atoms. The van der Waals surface area contributed by atoms with Gasteiger partial charge in [0.15, 0.2) is 4.32 Å². The number of ether oxygens (including phenoxy) is 2. The van der Waals surface area contributed by atoms with Crippen LogP contribution in [-0.4, -0.2) is 24.4 Å². The summed E-state index contributed by atoms with van der Waals surface area (Å²) >= 11 is 6.76. The minimum absolute atomic E-state index is 0.128. The van der Waals surface area contributed by atoms with Gasteiger partial charge in [-0.1, -0.05) is 41.7 Å². The second kappa shape index (κ2) is 7.51. The molecule has 1 aliphatic rings. The number of rotatable bonds is 4. The second-order valence-electron chi connectivity index (χ2n) is 5.91. The molecule has 1 amide bonds. The van der Waals surface area contributed by atoms with Crippen LogP contribution in [0.5, 0.6) is 11.5 Å². The number of hydrogen-bond acceptors (Lipinski definition) is 5. The van der Waals surface area contributed by atoms with Crippen LogP contribution >= 0.6 is 24.0 Å². The highest BCUT2D eigenvalue weighted by Gasteiger charge is 2.34. The molecular weight excluding hydrogens is 366 g/mol. The van der Waals surface area contributed by atoms with Gasteiger partial charge < -0.3 is 9.47 Å². The van der Waals surface area contributed by atoms with Crippen molar-refractivity contribution in [1.29, 1.82) is 0 Å². The molecule has 4 nitrogen and oxygen atoms in total. The van der Waals surface area contributed by atoms with Gasteiger partial charge in [0.1, 0.15) is 11.5 Å². The average molecular weight is 386 g/mol. The molecule has 0 spiro atoms. The van der Waals surface area contributed by atoms with Crippen LogP contribution in [0.3, 0.4) is 0 Å². The number of carbonyl (C=O) groups excluding carboxylic acids is 1. The van der Waals surface area contributed by atoms with Crippen LogP contribution in [0.25, 0.3) is 6.08 Å². The number of methoxy groups -OCH3 is 2. The number of benzene rings is 2. The quantitative estimate of drug-likeness (QED) is 0.562. The maximum Gasteiger partial charge on any atom is 0.270 e. The Morgan fingerprint density at radius 3 is 2.50 bits per heavy atom. The lowest BCUT2D eigenvalue weighted by Gasteiger charge is -2.17. The van der Waals surface area contributed by atoms with Crippen molar-refractivity contribution in [1.82, 2.24) is 0 Å². The Morgan fingerprint density at radius 2 is 1.85 bits per heavy atom. The molecule has 0 saturated carbocycles. The van der Waals surface area contributed by atoms with E-state index in [0.717, 1.165) is 22.4 Å². The number of thiocarbonyl (C=S) groups is 1. The van der Waals surface area contributed by atoms with Crippen molar-refractivity contribution in [3.63, 3.8) is 0 Å². The normalized spacial score (nSPS) is 15.7. The number of anilines is 1. The van der Waals surface area contributed by atoms with Crippen molar-refractivity contribution in [2.45, 2.75) is 13.8 Å². The molecule has 26 heavy (non-hydrogen) atoms. The van der Waals surface area contributed by atoms with Gasteiger partial charge in [-0.15, -0.1) is 0 Å². The highest BCUT2D eigenvalue weighted by molar-refractivity contribution is 8.27. The van der Waals surface area contributed by atoms with Crippen LogP contribution in [0.15, 0.2) is 41.3 Å². The fourth-order valence-corrected chi connectivity index (χ4v) is 4.10. The third kappa shape index (κ3) is 3.48. The SMILES string of the molecule is COc1ccc(OC)c(/C=C2/SC(=S)N(c3ccc(C)cc3C)C2=O)c1. The minimum atomic E-state index is -0.128. The Bertz CT molecular complexity index is 921. The molecule has 0 unspecified atom stereocenters. The van der Waals surface area contributed by atoms with Crippen molar-refractivity contribution in [2.75, 3.05) is 19.1 Å². The summed E-state index contributed by atoms with van der Waals surface area (Å²) < 4.78 is 11.2. The van der Waals surface area contributed by atoms with Gasteiger partial charge in [-0.2, -0.15) is 0 Å². The fourth-order valence-electron chi connectivity index (χ4n) is 2.83. The van der Waals surface area contributed by atoms with Gasteiger partial charge in [0.2, 0.25) is 0 Å². The van der Waals surface area contributed by atoms with Crippen LogP contribution in [0, 0.1) is 13.8 Å². The maximum absolute atomic E-state index is 13.0. The zero-order valence-electron chi connectivity index (χ0n) is 15.0. The predicted octanol–water partition coefficient (Wildman–Crippen LogP) is 4.73. The topological polar surface area (TPSA) is 38.8 Å². The van der Waals surface area contributed by atoms with E-state index in [2.05, 4.69) is 0 Å². The van der Waals surface area contributed by atoms with E-state index in [1.54, 1.807) is 25.2 Å². The molecule has 3 rings (SSSR count). The zero-order valence-corrected chi connectivity index (χ0v) is 16.7. The Balaban J connectivity index is 2.00. The summed E-state index contributed by atoms with van der Waals surface area (Å²) in [5.41, 5.74) is 3.75. The van der Waals surface area contributed by atoms with E-state index < -0.39 is 0 Å². The molecule has 0 aliphatic carbocycles. The summed E-state index contributed by atoms with van der Waals surface area (Å²) in [5, 5.41) is 0. The van der Waals surface area contributed by atoms with Gasteiger partial charge in [0.25, 0.3) is 5.91 Å². The molecule has 1 aliphatic heterocycles. The molecule has 0 N–H and O–H groups in total.